The first-order chi connectivity index (χ1) is 12.9. The Kier molecular flexibility index (Phi) is 5.38. The van der Waals surface area contributed by atoms with Crippen LogP contribution in [0.3, 0.4) is 0 Å². The van der Waals surface area contributed by atoms with Gasteiger partial charge in [0, 0.05) is 35.9 Å². The van der Waals surface area contributed by atoms with Crippen molar-refractivity contribution in [2.45, 2.75) is 13.0 Å². The number of benzene rings is 1. The van der Waals surface area contributed by atoms with Crippen LogP contribution >= 0.6 is 11.6 Å². The number of hydrogen-bond donors (Lipinski definition) is 2. The normalized spacial score (nSPS) is 12.0. The van der Waals surface area contributed by atoms with Crippen molar-refractivity contribution in [3.63, 3.8) is 0 Å². The predicted molar refractivity (Wildman–Crippen MR) is 101 cm³/mol. The van der Waals surface area contributed by atoms with E-state index in [-0.39, 0.29) is 12.2 Å². The molecule has 0 bridgehead atoms. The van der Waals surface area contributed by atoms with Crippen molar-refractivity contribution < 1.29 is 9.90 Å². The molecule has 2 heterocycles. The van der Waals surface area contributed by atoms with E-state index in [0.717, 1.165) is 4.68 Å². The summed E-state index contributed by atoms with van der Waals surface area (Å²) in [6.07, 6.45) is 1.67. The Bertz CT molecular complexity index is 1030. The molecule has 8 nitrogen and oxygen atoms in total. The van der Waals surface area contributed by atoms with Gasteiger partial charge in [0.25, 0.3) is 11.5 Å². The summed E-state index contributed by atoms with van der Waals surface area (Å²) in [5, 5.41) is 20.8. The fraction of sp³-hybridized carbons (Fsp3) is 0.222. The topological polar surface area (TPSA) is 102 Å². The molecule has 0 saturated heterocycles. The van der Waals surface area contributed by atoms with Crippen molar-refractivity contribution >= 4 is 17.5 Å². The fourth-order valence-corrected chi connectivity index (χ4v) is 2.56. The van der Waals surface area contributed by atoms with Crippen molar-refractivity contribution in [3.05, 3.63) is 63.5 Å². The summed E-state index contributed by atoms with van der Waals surface area (Å²) in [6.45, 7) is 1.39. The molecule has 9 heteroatoms. The zero-order valence-corrected chi connectivity index (χ0v) is 15.5. The van der Waals surface area contributed by atoms with E-state index in [9.17, 15) is 9.59 Å². The quantitative estimate of drug-likeness (QED) is 0.689. The van der Waals surface area contributed by atoms with Gasteiger partial charge in [0.2, 0.25) is 0 Å². The molecule has 1 amide bonds. The number of nitrogens with zero attached hydrogens (tertiary/aromatic N) is 4. The number of carbonyl (C=O) groups excluding carboxylic acids is 1. The van der Waals surface area contributed by atoms with E-state index in [1.807, 2.05) is 0 Å². The van der Waals surface area contributed by atoms with Gasteiger partial charge in [-0.25, -0.2) is 0 Å². The fourth-order valence-electron chi connectivity index (χ4n) is 2.44. The summed E-state index contributed by atoms with van der Waals surface area (Å²) in [7, 11) is 1.72. The number of aliphatic hydroxyl groups is 1. The maximum atomic E-state index is 12.8. The van der Waals surface area contributed by atoms with Crippen LogP contribution in [0.2, 0.25) is 5.02 Å². The van der Waals surface area contributed by atoms with Gasteiger partial charge < -0.3 is 10.4 Å². The van der Waals surface area contributed by atoms with Crippen molar-refractivity contribution in [2.24, 2.45) is 7.05 Å². The Morgan fingerprint density at radius 1 is 1.26 bits per heavy atom. The van der Waals surface area contributed by atoms with Crippen molar-refractivity contribution in [3.8, 4) is 17.1 Å². The van der Waals surface area contributed by atoms with Crippen LogP contribution < -0.4 is 10.9 Å². The third-order valence-corrected chi connectivity index (χ3v) is 4.12. The molecule has 27 heavy (non-hydrogen) atoms. The summed E-state index contributed by atoms with van der Waals surface area (Å²) in [6, 6.07) is 9.44. The highest BCUT2D eigenvalue weighted by Gasteiger charge is 2.19. The Hall–Kier alpha value is -2.97. The van der Waals surface area contributed by atoms with Crippen molar-refractivity contribution in [1.82, 2.24) is 24.9 Å². The number of rotatable bonds is 5. The van der Waals surface area contributed by atoms with E-state index >= 15 is 0 Å². The number of hydrogen-bond acceptors (Lipinski definition) is 5. The van der Waals surface area contributed by atoms with Crippen molar-refractivity contribution in [2.75, 3.05) is 6.61 Å². The molecular weight excluding hydrogens is 370 g/mol. The molecule has 0 aliphatic heterocycles. The van der Waals surface area contributed by atoms with E-state index in [1.54, 1.807) is 50.5 Å². The van der Waals surface area contributed by atoms with Crippen LogP contribution in [0, 0.1) is 0 Å². The Balaban J connectivity index is 2.17. The Morgan fingerprint density at radius 3 is 2.56 bits per heavy atom. The molecule has 3 rings (SSSR count). The second-order valence-electron chi connectivity index (χ2n) is 6.07. The highest BCUT2D eigenvalue weighted by Crippen LogP contribution is 2.20. The van der Waals surface area contributed by atoms with Gasteiger partial charge in [-0.1, -0.05) is 23.7 Å². The molecule has 1 aromatic carbocycles. The number of aliphatic hydroxyl groups excluding tert-OH is 1. The number of nitrogens with one attached hydrogen (secondary N) is 1. The van der Waals surface area contributed by atoms with Gasteiger partial charge in [0.15, 0.2) is 5.82 Å². The number of halogens is 1. The molecule has 1 atom stereocenters. The minimum atomic E-state index is -0.603. The van der Waals surface area contributed by atoms with Crippen LogP contribution in [-0.4, -0.2) is 43.2 Å². The first-order valence-electron chi connectivity index (χ1n) is 8.21. The van der Waals surface area contributed by atoms with Crippen LogP contribution in [0.25, 0.3) is 17.1 Å². The Labute approximate surface area is 160 Å². The van der Waals surface area contributed by atoms with Gasteiger partial charge in [-0.05, 0) is 25.1 Å². The molecule has 0 unspecified atom stereocenters. The monoisotopic (exact) mass is 387 g/mol. The molecule has 0 aliphatic carbocycles. The van der Waals surface area contributed by atoms with Gasteiger partial charge >= 0.3 is 0 Å². The number of amides is 1. The molecular formula is C18H18ClN5O3. The molecule has 0 saturated carbocycles. The zero-order valence-electron chi connectivity index (χ0n) is 14.8. The summed E-state index contributed by atoms with van der Waals surface area (Å²) >= 11 is 5.93. The highest BCUT2D eigenvalue weighted by molar-refractivity contribution is 6.30. The maximum Gasteiger partial charge on any atom is 0.285 e. The average Bonchev–Trinajstić information content (AvgIpc) is 3.08. The molecule has 2 N–H and O–H groups in total. The van der Waals surface area contributed by atoms with E-state index in [1.165, 1.54) is 10.7 Å². The van der Waals surface area contributed by atoms with E-state index in [4.69, 9.17) is 16.7 Å². The van der Waals surface area contributed by atoms with E-state index in [2.05, 4.69) is 15.5 Å². The minimum absolute atomic E-state index is 0.0964. The second kappa shape index (κ2) is 7.73. The van der Waals surface area contributed by atoms with Gasteiger partial charge in [0.05, 0.1) is 12.3 Å². The summed E-state index contributed by atoms with van der Waals surface area (Å²) in [4.78, 5) is 25.4. The lowest BCUT2D eigenvalue weighted by molar-refractivity contribution is 0.0920. The van der Waals surface area contributed by atoms with Crippen molar-refractivity contribution in [1.29, 1.82) is 0 Å². The standard InChI is InChI=1S/C18H18ClN5O3/c1-11(10-25)20-17(26)14-9-15(12-3-5-13(19)6-4-12)21-24(18(14)27)16-7-8-23(2)22-16/h3-9,11,25H,10H2,1-2H3,(H,20,26)/t11-/m0/s1. The van der Waals surface area contributed by atoms with E-state index in [0.29, 0.717) is 22.1 Å². The predicted octanol–water partition coefficient (Wildman–Crippen LogP) is 1.40. The molecule has 3 aromatic rings. The van der Waals surface area contributed by atoms with Gasteiger partial charge in [-0.2, -0.15) is 14.9 Å². The summed E-state index contributed by atoms with van der Waals surface area (Å²) in [5.41, 5.74) is 0.405. The van der Waals surface area contributed by atoms with Crippen LogP contribution in [0.4, 0.5) is 0 Å². The molecule has 0 radical (unpaired) electrons. The molecule has 0 fully saturated rings. The lowest BCUT2D eigenvalue weighted by Gasteiger charge is -2.12. The minimum Gasteiger partial charge on any atom is -0.394 e. The third kappa shape index (κ3) is 4.07. The summed E-state index contributed by atoms with van der Waals surface area (Å²) in [5.74, 6) is -0.300. The van der Waals surface area contributed by atoms with Crippen LogP contribution in [0.15, 0.2) is 47.4 Å². The molecule has 0 aliphatic rings. The smallest absolute Gasteiger partial charge is 0.285 e. The zero-order chi connectivity index (χ0) is 19.6. The van der Waals surface area contributed by atoms with E-state index < -0.39 is 17.5 Å². The molecule has 140 valence electrons. The van der Waals surface area contributed by atoms with Crippen LogP contribution in [0.5, 0.6) is 0 Å². The first kappa shape index (κ1) is 18.8. The lowest BCUT2D eigenvalue weighted by atomic mass is 10.1. The molecule has 0 spiro atoms. The average molecular weight is 388 g/mol. The summed E-state index contributed by atoms with van der Waals surface area (Å²) < 4.78 is 2.62. The number of aromatic nitrogens is 4. The second-order valence-corrected chi connectivity index (χ2v) is 6.51. The highest BCUT2D eigenvalue weighted by atomic mass is 35.5. The Morgan fingerprint density at radius 2 is 1.96 bits per heavy atom. The number of aryl methyl sites for hydroxylation is 1. The van der Waals surface area contributed by atoms with Crippen LogP contribution in [0.1, 0.15) is 17.3 Å². The van der Waals surface area contributed by atoms with Gasteiger partial charge in [-0.15, -0.1) is 0 Å². The van der Waals surface area contributed by atoms with Gasteiger partial charge in [0.1, 0.15) is 5.56 Å². The third-order valence-electron chi connectivity index (χ3n) is 3.86. The lowest BCUT2D eigenvalue weighted by Crippen LogP contribution is -2.39. The number of carbonyl (C=O) groups is 1. The van der Waals surface area contributed by atoms with Crippen LogP contribution in [-0.2, 0) is 7.05 Å². The SMILES string of the molecule is C[C@@H](CO)NC(=O)c1cc(-c2ccc(Cl)cc2)nn(-c2ccn(C)n2)c1=O. The van der Waals surface area contributed by atoms with Gasteiger partial charge in [-0.3, -0.25) is 14.3 Å². The largest absolute Gasteiger partial charge is 0.394 e. The molecule has 2 aromatic heterocycles. The first-order valence-corrected chi connectivity index (χ1v) is 8.59. The maximum absolute atomic E-state index is 12.8.